The Morgan fingerprint density at radius 1 is 1.25 bits per heavy atom. The van der Waals surface area contributed by atoms with Gasteiger partial charge in [0.25, 0.3) is 11.6 Å². The summed E-state index contributed by atoms with van der Waals surface area (Å²) in [6.07, 6.45) is 0. The Morgan fingerprint density at radius 2 is 2.00 bits per heavy atom. The minimum Gasteiger partial charge on any atom is -0.483 e. The fraction of sp³-hybridized carbons (Fsp3) is 0.125. The zero-order valence-corrected chi connectivity index (χ0v) is 12.6. The summed E-state index contributed by atoms with van der Waals surface area (Å²) in [5.41, 5.74) is 0.105. The lowest BCUT2D eigenvalue weighted by Gasteiger charge is -2.10. The van der Waals surface area contributed by atoms with Crippen molar-refractivity contribution in [1.29, 1.82) is 0 Å². The van der Waals surface area contributed by atoms with Gasteiger partial charge in [-0.25, -0.2) is 4.39 Å². The number of rotatable bonds is 6. The maximum Gasteiger partial charge on any atom is 0.271 e. The molecule has 2 rings (SSSR count). The first kappa shape index (κ1) is 17.1. The van der Waals surface area contributed by atoms with Crippen LogP contribution in [0.25, 0.3) is 0 Å². The number of amides is 1. The van der Waals surface area contributed by atoms with Crippen LogP contribution < -0.4 is 10.1 Å². The summed E-state index contributed by atoms with van der Waals surface area (Å²) in [5.74, 6) is -1.48. The van der Waals surface area contributed by atoms with E-state index in [-0.39, 0.29) is 22.7 Å². The molecule has 0 radical (unpaired) electrons. The van der Waals surface area contributed by atoms with Crippen LogP contribution in [-0.4, -0.2) is 23.2 Å². The van der Waals surface area contributed by atoms with E-state index in [0.717, 1.165) is 12.1 Å². The molecule has 0 bridgehead atoms. The first-order chi connectivity index (χ1) is 11.4. The summed E-state index contributed by atoms with van der Waals surface area (Å²) >= 11 is 0. The van der Waals surface area contributed by atoms with Gasteiger partial charge in [-0.3, -0.25) is 19.7 Å². The number of hydrogen-bond acceptors (Lipinski definition) is 5. The van der Waals surface area contributed by atoms with Crippen molar-refractivity contribution in [2.45, 2.75) is 6.92 Å². The van der Waals surface area contributed by atoms with Crippen molar-refractivity contribution in [2.24, 2.45) is 0 Å². The van der Waals surface area contributed by atoms with Crippen LogP contribution in [0.2, 0.25) is 0 Å². The number of non-ortho nitro benzene ring substituents is 1. The molecule has 0 saturated heterocycles. The van der Waals surface area contributed by atoms with E-state index in [2.05, 4.69) is 5.32 Å². The molecule has 1 amide bonds. The number of nitro groups is 1. The van der Waals surface area contributed by atoms with E-state index < -0.39 is 29.0 Å². The summed E-state index contributed by atoms with van der Waals surface area (Å²) in [5, 5.41) is 13.1. The maximum absolute atomic E-state index is 13.2. The van der Waals surface area contributed by atoms with Gasteiger partial charge in [0, 0.05) is 17.8 Å². The van der Waals surface area contributed by atoms with Gasteiger partial charge in [0.1, 0.15) is 11.6 Å². The van der Waals surface area contributed by atoms with E-state index in [4.69, 9.17) is 4.74 Å². The average Bonchev–Trinajstić information content (AvgIpc) is 2.53. The summed E-state index contributed by atoms with van der Waals surface area (Å²) < 4.78 is 18.4. The normalized spacial score (nSPS) is 10.1. The van der Waals surface area contributed by atoms with Crippen LogP contribution >= 0.6 is 0 Å². The van der Waals surface area contributed by atoms with Gasteiger partial charge in [-0.1, -0.05) is 6.07 Å². The van der Waals surface area contributed by atoms with Gasteiger partial charge >= 0.3 is 0 Å². The third-order valence-electron chi connectivity index (χ3n) is 3.02. The first-order valence-corrected chi connectivity index (χ1v) is 6.84. The molecule has 0 aliphatic carbocycles. The Kier molecular flexibility index (Phi) is 5.20. The SMILES string of the molecule is CC(=O)c1cc(F)ccc1OCC(=O)Nc1cccc([N+](=O)[O-])c1. The predicted octanol–water partition coefficient (Wildman–Crippen LogP) is 2.95. The van der Waals surface area contributed by atoms with Crippen LogP contribution in [0.15, 0.2) is 42.5 Å². The smallest absolute Gasteiger partial charge is 0.271 e. The third kappa shape index (κ3) is 4.35. The Balaban J connectivity index is 2.03. The second kappa shape index (κ2) is 7.32. The van der Waals surface area contributed by atoms with E-state index in [1.54, 1.807) is 0 Å². The molecule has 0 aromatic heterocycles. The molecule has 124 valence electrons. The Bertz CT molecular complexity index is 807. The average molecular weight is 332 g/mol. The van der Waals surface area contributed by atoms with Gasteiger partial charge in [0.05, 0.1) is 10.5 Å². The second-order valence-electron chi connectivity index (χ2n) is 4.84. The number of nitrogens with zero attached hydrogens (tertiary/aromatic N) is 1. The Morgan fingerprint density at radius 3 is 2.67 bits per heavy atom. The number of hydrogen-bond donors (Lipinski definition) is 1. The number of carbonyl (C=O) groups excluding carboxylic acids is 2. The molecule has 7 nitrogen and oxygen atoms in total. The van der Waals surface area contributed by atoms with Crippen LogP contribution in [0.1, 0.15) is 17.3 Å². The largest absolute Gasteiger partial charge is 0.483 e. The van der Waals surface area contributed by atoms with E-state index in [1.807, 2.05) is 0 Å². The molecule has 2 aromatic carbocycles. The van der Waals surface area contributed by atoms with Gasteiger partial charge in [-0.2, -0.15) is 0 Å². The predicted molar refractivity (Wildman–Crippen MR) is 83.6 cm³/mol. The summed E-state index contributed by atoms with van der Waals surface area (Å²) in [6.45, 7) is 0.819. The first-order valence-electron chi connectivity index (χ1n) is 6.84. The summed E-state index contributed by atoms with van der Waals surface area (Å²) in [6, 6.07) is 8.82. The van der Waals surface area contributed by atoms with Gasteiger partial charge in [0.2, 0.25) is 0 Å². The number of Topliss-reactive ketones (excluding diaryl/α,β-unsaturated/α-hetero) is 1. The molecule has 0 unspecified atom stereocenters. The molecule has 0 heterocycles. The van der Waals surface area contributed by atoms with E-state index in [9.17, 15) is 24.1 Å². The summed E-state index contributed by atoms with van der Waals surface area (Å²) in [4.78, 5) is 33.4. The van der Waals surface area contributed by atoms with Crippen LogP contribution in [-0.2, 0) is 4.79 Å². The molecule has 24 heavy (non-hydrogen) atoms. The summed E-state index contributed by atoms with van der Waals surface area (Å²) in [7, 11) is 0. The molecule has 8 heteroatoms. The molecule has 0 aliphatic rings. The number of ether oxygens (including phenoxy) is 1. The molecule has 0 fully saturated rings. The maximum atomic E-state index is 13.2. The number of benzene rings is 2. The molecule has 0 aliphatic heterocycles. The fourth-order valence-electron chi connectivity index (χ4n) is 1.94. The Hall–Kier alpha value is -3.29. The highest BCUT2D eigenvalue weighted by atomic mass is 19.1. The van der Waals surface area contributed by atoms with Crippen LogP contribution in [0.4, 0.5) is 15.8 Å². The van der Waals surface area contributed by atoms with Gasteiger partial charge in [-0.05, 0) is 31.2 Å². The fourth-order valence-corrected chi connectivity index (χ4v) is 1.94. The van der Waals surface area contributed by atoms with Crippen molar-refractivity contribution in [3.05, 3.63) is 64.0 Å². The molecule has 0 atom stereocenters. The van der Waals surface area contributed by atoms with E-state index in [1.165, 1.54) is 37.3 Å². The van der Waals surface area contributed by atoms with Crippen molar-refractivity contribution in [2.75, 3.05) is 11.9 Å². The highest BCUT2D eigenvalue weighted by molar-refractivity contribution is 5.97. The number of ketones is 1. The van der Waals surface area contributed by atoms with Crippen molar-refractivity contribution in [1.82, 2.24) is 0 Å². The van der Waals surface area contributed by atoms with Gasteiger partial charge in [-0.15, -0.1) is 0 Å². The number of nitro benzene ring substituents is 1. The van der Waals surface area contributed by atoms with Crippen LogP contribution in [0, 0.1) is 15.9 Å². The van der Waals surface area contributed by atoms with Crippen LogP contribution in [0.5, 0.6) is 5.75 Å². The van der Waals surface area contributed by atoms with E-state index in [0.29, 0.717) is 0 Å². The second-order valence-corrected chi connectivity index (χ2v) is 4.84. The highest BCUT2D eigenvalue weighted by Crippen LogP contribution is 2.21. The standard InChI is InChI=1S/C16H13FN2O5/c1-10(20)14-7-11(17)5-6-15(14)24-9-16(21)18-12-3-2-4-13(8-12)19(22)23/h2-8H,9H2,1H3,(H,18,21). The minimum atomic E-state index is -0.589. The van der Waals surface area contributed by atoms with Crippen molar-refractivity contribution in [3.63, 3.8) is 0 Å². The van der Waals surface area contributed by atoms with Crippen molar-refractivity contribution >= 4 is 23.1 Å². The van der Waals surface area contributed by atoms with Crippen molar-refractivity contribution < 1.29 is 23.6 Å². The highest BCUT2D eigenvalue weighted by Gasteiger charge is 2.13. The Labute approximate surface area is 136 Å². The number of anilines is 1. The third-order valence-corrected chi connectivity index (χ3v) is 3.02. The molecule has 1 N–H and O–H groups in total. The van der Waals surface area contributed by atoms with Crippen molar-refractivity contribution in [3.8, 4) is 5.75 Å². The lowest BCUT2D eigenvalue weighted by Crippen LogP contribution is -2.20. The molecule has 0 spiro atoms. The van der Waals surface area contributed by atoms with Gasteiger partial charge in [0.15, 0.2) is 12.4 Å². The zero-order valence-electron chi connectivity index (χ0n) is 12.6. The zero-order chi connectivity index (χ0) is 17.7. The van der Waals surface area contributed by atoms with E-state index >= 15 is 0 Å². The number of carbonyl (C=O) groups is 2. The minimum absolute atomic E-state index is 0.0261. The lowest BCUT2D eigenvalue weighted by atomic mass is 10.1. The molecular formula is C16H13FN2O5. The quantitative estimate of drug-likeness (QED) is 0.498. The number of halogens is 1. The monoisotopic (exact) mass is 332 g/mol. The molecule has 0 saturated carbocycles. The number of nitrogens with one attached hydrogen (secondary N) is 1. The molecule has 2 aromatic rings. The van der Waals surface area contributed by atoms with Gasteiger partial charge < -0.3 is 10.1 Å². The lowest BCUT2D eigenvalue weighted by molar-refractivity contribution is -0.384. The van der Waals surface area contributed by atoms with Crippen LogP contribution in [0.3, 0.4) is 0 Å². The topological polar surface area (TPSA) is 98.5 Å². The molecular weight excluding hydrogens is 319 g/mol.